The average molecular weight is 400 g/mol. The number of ether oxygens (including phenoxy) is 3. The molecule has 5 nitrogen and oxygen atoms in total. The van der Waals surface area contributed by atoms with Gasteiger partial charge in [0.15, 0.2) is 11.9 Å². The third-order valence-electron chi connectivity index (χ3n) is 4.70. The molecule has 0 spiro atoms. The molecule has 0 radical (unpaired) electrons. The second kappa shape index (κ2) is 8.66. The Balaban J connectivity index is 1.81. The van der Waals surface area contributed by atoms with Crippen LogP contribution in [0.15, 0.2) is 90.7 Å². The maximum atomic E-state index is 12.7. The first-order valence-corrected chi connectivity index (χ1v) is 9.68. The van der Waals surface area contributed by atoms with E-state index < -0.39 is 18.0 Å². The first kappa shape index (κ1) is 19.5. The molecule has 0 unspecified atom stereocenters. The Labute approximate surface area is 174 Å². The molecule has 0 bridgehead atoms. The lowest BCUT2D eigenvalue weighted by atomic mass is 9.93. The first-order valence-electron chi connectivity index (χ1n) is 9.68. The molecule has 30 heavy (non-hydrogen) atoms. The summed E-state index contributed by atoms with van der Waals surface area (Å²) in [5, 5.41) is 0. The molecule has 1 heterocycles. The van der Waals surface area contributed by atoms with Crippen LogP contribution in [-0.2, 0) is 19.0 Å². The van der Waals surface area contributed by atoms with Crippen molar-refractivity contribution < 1.29 is 23.8 Å². The third-order valence-corrected chi connectivity index (χ3v) is 4.70. The zero-order valence-electron chi connectivity index (χ0n) is 16.4. The van der Waals surface area contributed by atoms with Gasteiger partial charge in [-0.3, -0.25) is 0 Å². The number of hydrogen-bond acceptors (Lipinski definition) is 5. The van der Waals surface area contributed by atoms with Gasteiger partial charge < -0.3 is 14.2 Å². The molecule has 0 saturated carbocycles. The van der Waals surface area contributed by atoms with Gasteiger partial charge in [0.05, 0.1) is 12.2 Å². The lowest BCUT2D eigenvalue weighted by molar-refractivity contribution is -0.143. The van der Waals surface area contributed by atoms with Crippen molar-refractivity contribution in [3.8, 4) is 0 Å². The summed E-state index contributed by atoms with van der Waals surface area (Å²) < 4.78 is 17.0. The van der Waals surface area contributed by atoms with Gasteiger partial charge >= 0.3 is 11.9 Å². The molecule has 1 aliphatic rings. The highest BCUT2D eigenvalue weighted by Gasteiger charge is 2.35. The smallest absolute Gasteiger partial charge is 0.377 e. The molecule has 0 N–H and O–H groups in total. The van der Waals surface area contributed by atoms with Crippen molar-refractivity contribution in [2.45, 2.75) is 13.0 Å². The van der Waals surface area contributed by atoms with E-state index in [0.717, 1.165) is 11.1 Å². The summed E-state index contributed by atoms with van der Waals surface area (Å²) in [6.45, 7) is 1.88. The highest BCUT2D eigenvalue weighted by atomic mass is 16.6. The van der Waals surface area contributed by atoms with E-state index in [1.54, 1.807) is 37.3 Å². The van der Waals surface area contributed by atoms with Gasteiger partial charge in [0.2, 0.25) is 5.76 Å². The SMILES string of the molecule is CCOC(=O)C1=C(OC(=O)c2ccccc2)c2ccccc2[C@H](c2ccccc2)O1. The molecule has 5 heteroatoms. The Morgan fingerprint density at radius 1 is 0.833 bits per heavy atom. The van der Waals surface area contributed by atoms with Crippen LogP contribution in [-0.4, -0.2) is 18.5 Å². The minimum absolute atomic E-state index is 0.0603. The van der Waals surface area contributed by atoms with Crippen molar-refractivity contribution in [1.82, 2.24) is 0 Å². The number of fused-ring (bicyclic) bond motifs is 1. The Hall–Kier alpha value is -3.86. The molecule has 0 amide bonds. The van der Waals surface area contributed by atoms with E-state index in [4.69, 9.17) is 14.2 Å². The van der Waals surface area contributed by atoms with Crippen LogP contribution in [0.2, 0.25) is 0 Å². The minimum Gasteiger partial charge on any atom is -0.471 e. The standard InChI is InChI=1S/C25H20O5/c1-2-28-25(27)23-22(30-24(26)18-13-7-4-8-14-18)20-16-10-9-15-19(20)21(29-23)17-11-5-3-6-12-17/h3-16,21H,2H2,1H3/t21-/m0/s1. The predicted molar refractivity (Wildman–Crippen MR) is 111 cm³/mol. The molecule has 1 aliphatic heterocycles. The lowest BCUT2D eigenvalue weighted by Gasteiger charge is -2.29. The minimum atomic E-state index is -0.677. The highest BCUT2D eigenvalue weighted by Crippen LogP contribution is 2.41. The van der Waals surface area contributed by atoms with Gasteiger partial charge in [0.25, 0.3) is 0 Å². The largest absolute Gasteiger partial charge is 0.471 e. The summed E-state index contributed by atoms with van der Waals surface area (Å²) in [7, 11) is 0. The molecule has 0 aliphatic carbocycles. The Kier molecular flexibility index (Phi) is 5.61. The number of esters is 2. The topological polar surface area (TPSA) is 61.8 Å². The summed E-state index contributed by atoms with van der Waals surface area (Å²) in [4.78, 5) is 25.5. The van der Waals surface area contributed by atoms with Crippen LogP contribution in [0.5, 0.6) is 0 Å². The summed E-state index contributed by atoms with van der Waals surface area (Å²) in [5.74, 6) is -1.31. The highest BCUT2D eigenvalue weighted by molar-refractivity contribution is 6.00. The van der Waals surface area contributed by atoms with E-state index >= 15 is 0 Å². The van der Waals surface area contributed by atoms with Crippen LogP contribution in [0.4, 0.5) is 0 Å². The Bertz CT molecular complexity index is 1090. The normalized spacial score (nSPS) is 15.0. The third kappa shape index (κ3) is 3.82. The molecular formula is C25H20O5. The Morgan fingerprint density at radius 3 is 2.17 bits per heavy atom. The van der Waals surface area contributed by atoms with Crippen LogP contribution in [0.25, 0.3) is 5.76 Å². The molecule has 1 atom stereocenters. The van der Waals surface area contributed by atoms with E-state index in [1.807, 2.05) is 54.6 Å². The van der Waals surface area contributed by atoms with E-state index in [0.29, 0.717) is 11.1 Å². The van der Waals surface area contributed by atoms with E-state index in [2.05, 4.69) is 0 Å². The monoisotopic (exact) mass is 400 g/mol. The van der Waals surface area contributed by atoms with E-state index in [1.165, 1.54) is 0 Å². The molecule has 150 valence electrons. The van der Waals surface area contributed by atoms with Gasteiger partial charge in [0.1, 0.15) is 0 Å². The maximum absolute atomic E-state index is 12.7. The zero-order chi connectivity index (χ0) is 20.9. The quantitative estimate of drug-likeness (QED) is 0.571. The fourth-order valence-electron chi connectivity index (χ4n) is 3.33. The van der Waals surface area contributed by atoms with Crippen molar-refractivity contribution >= 4 is 17.7 Å². The van der Waals surface area contributed by atoms with Crippen molar-refractivity contribution in [3.05, 3.63) is 113 Å². The fraction of sp³-hybridized carbons (Fsp3) is 0.120. The summed E-state index contributed by atoms with van der Waals surface area (Å²) >= 11 is 0. The molecule has 3 aromatic carbocycles. The van der Waals surface area contributed by atoms with Crippen molar-refractivity contribution in [2.24, 2.45) is 0 Å². The van der Waals surface area contributed by atoms with Gasteiger partial charge in [-0.1, -0.05) is 72.8 Å². The molecule has 0 fully saturated rings. The van der Waals surface area contributed by atoms with Gasteiger partial charge in [-0.2, -0.15) is 0 Å². The van der Waals surface area contributed by atoms with Gasteiger partial charge in [0, 0.05) is 11.1 Å². The van der Waals surface area contributed by atoms with Crippen LogP contribution in [0.3, 0.4) is 0 Å². The molecule has 4 rings (SSSR count). The van der Waals surface area contributed by atoms with Crippen LogP contribution >= 0.6 is 0 Å². The number of carbonyl (C=O) groups is 2. The molecular weight excluding hydrogens is 380 g/mol. The summed E-state index contributed by atoms with van der Waals surface area (Å²) in [5.41, 5.74) is 2.66. The maximum Gasteiger partial charge on any atom is 0.377 e. The van der Waals surface area contributed by atoms with Crippen molar-refractivity contribution in [2.75, 3.05) is 6.61 Å². The average Bonchev–Trinajstić information content (AvgIpc) is 2.80. The molecule has 0 aromatic heterocycles. The fourth-order valence-corrected chi connectivity index (χ4v) is 3.33. The molecule has 3 aromatic rings. The van der Waals surface area contributed by atoms with E-state index in [9.17, 15) is 9.59 Å². The van der Waals surface area contributed by atoms with Crippen molar-refractivity contribution in [3.63, 3.8) is 0 Å². The number of hydrogen-bond donors (Lipinski definition) is 0. The first-order chi connectivity index (χ1) is 14.7. The zero-order valence-corrected chi connectivity index (χ0v) is 16.4. The second-order valence-corrected chi connectivity index (χ2v) is 6.63. The van der Waals surface area contributed by atoms with Crippen LogP contribution < -0.4 is 0 Å². The van der Waals surface area contributed by atoms with Gasteiger partial charge in [-0.15, -0.1) is 0 Å². The van der Waals surface area contributed by atoms with Gasteiger partial charge in [-0.05, 0) is 24.6 Å². The number of rotatable bonds is 5. The number of carbonyl (C=O) groups excluding carboxylic acids is 2. The van der Waals surface area contributed by atoms with Gasteiger partial charge in [-0.25, -0.2) is 9.59 Å². The summed E-state index contributed by atoms with van der Waals surface area (Å²) in [6.07, 6.45) is -0.527. The predicted octanol–water partition coefficient (Wildman–Crippen LogP) is 4.89. The molecule has 0 saturated heterocycles. The lowest BCUT2D eigenvalue weighted by Crippen LogP contribution is -2.23. The second-order valence-electron chi connectivity index (χ2n) is 6.63. The van der Waals surface area contributed by atoms with Crippen molar-refractivity contribution in [1.29, 1.82) is 0 Å². The number of benzene rings is 3. The van der Waals surface area contributed by atoms with Crippen LogP contribution in [0, 0.1) is 0 Å². The summed E-state index contributed by atoms with van der Waals surface area (Å²) in [6, 6.07) is 25.6. The Morgan fingerprint density at radius 2 is 1.47 bits per heavy atom. The van der Waals surface area contributed by atoms with Crippen LogP contribution in [0.1, 0.15) is 40.1 Å². The van der Waals surface area contributed by atoms with E-state index in [-0.39, 0.29) is 18.1 Å².